The lowest BCUT2D eigenvalue weighted by atomic mass is 10.3. The molecule has 0 aromatic carbocycles. The largest absolute Gasteiger partial charge is 0.370 e. The lowest BCUT2D eigenvalue weighted by molar-refractivity contribution is 0.303. The van der Waals surface area contributed by atoms with E-state index in [4.69, 9.17) is 0 Å². The van der Waals surface area contributed by atoms with Gasteiger partial charge in [-0.15, -0.1) is 0 Å². The number of hydrogen-bond donors (Lipinski definition) is 1. The molecule has 0 spiro atoms. The van der Waals surface area contributed by atoms with Crippen molar-refractivity contribution in [2.24, 2.45) is 0 Å². The van der Waals surface area contributed by atoms with E-state index in [1.54, 1.807) is 0 Å². The van der Waals surface area contributed by atoms with Crippen LogP contribution < -0.4 is 5.32 Å². The first kappa shape index (κ1) is 13.5. The molecule has 0 radical (unpaired) electrons. The number of hydrogen-bond acceptors (Lipinski definition) is 3. The highest BCUT2D eigenvalue weighted by molar-refractivity contribution is 9.10. The van der Waals surface area contributed by atoms with Crippen molar-refractivity contribution < 1.29 is 0 Å². The third-order valence-electron chi connectivity index (χ3n) is 2.57. The molecule has 1 heterocycles. The number of nitrogens with zero attached hydrogens (tertiary/aromatic N) is 2. The molecule has 3 nitrogen and oxygen atoms in total. The number of pyridine rings is 1. The molecule has 1 N–H and O–H groups in total. The van der Waals surface area contributed by atoms with Gasteiger partial charge in [0.05, 0.1) is 0 Å². The average molecular weight is 286 g/mol. The quantitative estimate of drug-likeness (QED) is 0.617. The van der Waals surface area contributed by atoms with Crippen LogP contribution in [0.3, 0.4) is 0 Å². The topological polar surface area (TPSA) is 28.2 Å². The summed E-state index contributed by atoms with van der Waals surface area (Å²) in [5.41, 5.74) is 0. The molecular weight excluding hydrogens is 266 g/mol. The summed E-state index contributed by atoms with van der Waals surface area (Å²) >= 11 is 3.36. The summed E-state index contributed by atoms with van der Waals surface area (Å²) < 4.78 is 0.876. The summed E-state index contributed by atoms with van der Waals surface area (Å²) in [5.74, 6) is 0.939. The molecule has 90 valence electrons. The van der Waals surface area contributed by atoms with E-state index in [1.807, 2.05) is 18.2 Å². The first-order chi connectivity index (χ1) is 7.76. The van der Waals surface area contributed by atoms with Gasteiger partial charge in [0.25, 0.3) is 0 Å². The van der Waals surface area contributed by atoms with Gasteiger partial charge in [-0.3, -0.25) is 0 Å². The Morgan fingerprint density at radius 2 is 2.06 bits per heavy atom. The smallest absolute Gasteiger partial charge is 0.127 e. The fourth-order valence-electron chi connectivity index (χ4n) is 1.57. The number of aromatic nitrogens is 1. The van der Waals surface area contributed by atoms with Crippen molar-refractivity contribution >= 4 is 21.7 Å². The minimum atomic E-state index is 0.876. The van der Waals surface area contributed by atoms with Crippen LogP contribution in [0.1, 0.15) is 20.3 Å². The Balaban J connectivity index is 2.20. The van der Waals surface area contributed by atoms with Crippen LogP contribution in [0.25, 0.3) is 0 Å². The first-order valence-corrected chi connectivity index (χ1v) is 6.64. The molecule has 0 aliphatic carbocycles. The summed E-state index contributed by atoms with van der Waals surface area (Å²) in [6, 6.07) is 5.91. The zero-order chi connectivity index (χ0) is 11.8. The summed E-state index contributed by atoms with van der Waals surface area (Å²) in [6.45, 7) is 8.78. The molecule has 16 heavy (non-hydrogen) atoms. The standard InChI is InChI=1S/C12H20BrN3/c1-3-16(4-2)10-6-9-14-12-8-5-7-11(13)15-12/h5,7-8H,3-4,6,9-10H2,1-2H3,(H,14,15). The molecule has 0 bridgehead atoms. The number of anilines is 1. The van der Waals surface area contributed by atoms with Gasteiger partial charge in [-0.05, 0) is 54.1 Å². The van der Waals surface area contributed by atoms with Gasteiger partial charge in [0.1, 0.15) is 10.4 Å². The molecule has 0 amide bonds. The zero-order valence-corrected chi connectivity index (χ0v) is 11.6. The van der Waals surface area contributed by atoms with Crippen molar-refractivity contribution in [3.63, 3.8) is 0 Å². The summed E-state index contributed by atoms with van der Waals surface area (Å²) in [7, 11) is 0. The average Bonchev–Trinajstić information content (AvgIpc) is 2.29. The van der Waals surface area contributed by atoms with Crippen LogP contribution in [0.5, 0.6) is 0 Å². The van der Waals surface area contributed by atoms with E-state index in [1.165, 1.54) is 0 Å². The number of halogens is 1. The van der Waals surface area contributed by atoms with Gasteiger partial charge in [-0.2, -0.15) is 0 Å². The highest BCUT2D eigenvalue weighted by Gasteiger charge is 1.98. The lowest BCUT2D eigenvalue weighted by Gasteiger charge is -2.17. The maximum atomic E-state index is 4.32. The van der Waals surface area contributed by atoms with E-state index in [0.29, 0.717) is 0 Å². The Hall–Kier alpha value is -0.610. The second kappa shape index (κ2) is 7.63. The van der Waals surface area contributed by atoms with Crippen LogP contribution in [-0.2, 0) is 0 Å². The molecular formula is C12H20BrN3. The Kier molecular flexibility index (Phi) is 6.42. The molecule has 0 aliphatic heterocycles. The second-order valence-corrected chi connectivity index (χ2v) is 4.47. The highest BCUT2D eigenvalue weighted by Crippen LogP contribution is 2.09. The molecule has 0 saturated heterocycles. The fraction of sp³-hybridized carbons (Fsp3) is 0.583. The molecule has 1 aromatic heterocycles. The van der Waals surface area contributed by atoms with Gasteiger partial charge in [0, 0.05) is 6.54 Å². The Morgan fingerprint density at radius 1 is 1.31 bits per heavy atom. The van der Waals surface area contributed by atoms with Crippen LogP contribution in [0.4, 0.5) is 5.82 Å². The zero-order valence-electron chi connectivity index (χ0n) is 10.0. The van der Waals surface area contributed by atoms with Crippen LogP contribution in [0.15, 0.2) is 22.8 Å². The van der Waals surface area contributed by atoms with Gasteiger partial charge in [-0.1, -0.05) is 19.9 Å². The van der Waals surface area contributed by atoms with Gasteiger partial charge in [0.2, 0.25) is 0 Å². The molecule has 4 heteroatoms. The minimum absolute atomic E-state index is 0.876. The van der Waals surface area contributed by atoms with Crippen molar-refractivity contribution in [1.29, 1.82) is 0 Å². The van der Waals surface area contributed by atoms with Gasteiger partial charge >= 0.3 is 0 Å². The monoisotopic (exact) mass is 285 g/mol. The Bertz CT molecular complexity index is 300. The summed E-state index contributed by atoms with van der Waals surface area (Å²) in [4.78, 5) is 6.75. The SMILES string of the molecule is CCN(CC)CCCNc1cccc(Br)n1. The van der Waals surface area contributed by atoms with E-state index < -0.39 is 0 Å². The summed E-state index contributed by atoms with van der Waals surface area (Å²) in [5, 5.41) is 3.32. The molecule has 0 aliphatic rings. The molecule has 0 unspecified atom stereocenters. The normalized spacial score (nSPS) is 10.8. The van der Waals surface area contributed by atoms with Crippen molar-refractivity contribution in [2.75, 3.05) is 31.5 Å². The van der Waals surface area contributed by atoms with Crippen LogP contribution in [-0.4, -0.2) is 36.1 Å². The highest BCUT2D eigenvalue weighted by atomic mass is 79.9. The maximum Gasteiger partial charge on any atom is 0.127 e. The van der Waals surface area contributed by atoms with Gasteiger partial charge in [0.15, 0.2) is 0 Å². The van der Waals surface area contributed by atoms with Gasteiger partial charge in [-0.25, -0.2) is 4.98 Å². The van der Waals surface area contributed by atoms with Crippen molar-refractivity contribution in [2.45, 2.75) is 20.3 Å². The third kappa shape index (κ3) is 4.94. The minimum Gasteiger partial charge on any atom is -0.370 e. The second-order valence-electron chi connectivity index (χ2n) is 3.65. The fourth-order valence-corrected chi connectivity index (χ4v) is 1.91. The molecule has 1 aromatic rings. The van der Waals surface area contributed by atoms with Crippen molar-refractivity contribution in [3.05, 3.63) is 22.8 Å². The van der Waals surface area contributed by atoms with E-state index in [2.05, 4.69) is 45.0 Å². The molecule has 0 fully saturated rings. The first-order valence-electron chi connectivity index (χ1n) is 5.85. The number of rotatable bonds is 7. The Labute approximate surface area is 106 Å². The number of nitrogens with one attached hydrogen (secondary N) is 1. The van der Waals surface area contributed by atoms with E-state index in [0.717, 1.165) is 43.0 Å². The van der Waals surface area contributed by atoms with E-state index >= 15 is 0 Å². The summed E-state index contributed by atoms with van der Waals surface area (Å²) in [6.07, 6.45) is 1.15. The van der Waals surface area contributed by atoms with Crippen molar-refractivity contribution in [1.82, 2.24) is 9.88 Å². The predicted molar refractivity (Wildman–Crippen MR) is 72.8 cm³/mol. The van der Waals surface area contributed by atoms with Crippen molar-refractivity contribution in [3.8, 4) is 0 Å². The van der Waals surface area contributed by atoms with Crippen LogP contribution >= 0.6 is 15.9 Å². The molecule has 1 rings (SSSR count). The van der Waals surface area contributed by atoms with Crippen LogP contribution in [0.2, 0.25) is 0 Å². The van der Waals surface area contributed by atoms with Crippen LogP contribution in [0, 0.1) is 0 Å². The van der Waals surface area contributed by atoms with E-state index in [9.17, 15) is 0 Å². The molecule has 0 saturated carbocycles. The molecule has 0 atom stereocenters. The Morgan fingerprint density at radius 3 is 2.69 bits per heavy atom. The maximum absolute atomic E-state index is 4.32. The third-order valence-corrected chi connectivity index (χ3v) is 3.01. The predicted octanol–water partition coefficient (Wildman–Crippen LogP) is 2.99. The van der Waals surface area contributed by atoms with E-state index in [-0.39, 0.29) is 0 Å². The lowest BCUT2D eigenvalue weighted by Crippen LogP contribution is -2.25. The van der Waals surface area contributed by atoms with Gasteiger partial charge < -0.3 is 10.2 Å².